The number of nitro groups is 1. The average molecular weight is 250 g/mol. The zero-order chi connectivity index (χ0) is 13.3. The molecule has 0 saturated carbocycles. The van der Waals surface area contributed by atoms with E-state index in [0.717, 1.165) is 4.90 Å². The van der Waals surface area contributed by atoms with E-state index in [1.807, 2.05) is 0 Å². The van der Waals surface area contributed by atoms with Crippen LogP contribution in [0.25, 0.3) is 6.08 Å². The number of aliphatic hydroxyl groups is 1. The number of hydrogen-bond acceptors (Lipinski definition) is 5. The van der Waals surface area contributed by atoms with Gasteiger partial charge in [0.05, 0.1) is 17.6 Å². The number of methoxy groups -OCH3 is 1. The van der Waals surface area contributed by atoms with Crippen molar-refractivity contribution < 1.29 is 19.6 Å². The minimum atomic E-state index is -1.29. The predicted molar refractivity (Wildman–Crippen MR) is 61.3 cm³/mol. The summed E-state index contributed by atoms with van der Waals surface area (Å²) in [5.41, 5.74) is 0.458. The lowest BCUT2D eigenvalue weighted by Gasteiger charge is -2.27. The second-order valence-corrected chi connectivity index (χ2v) is 3.60. The van der Waals surface area contributed by atoms with Crippen molar-refractivity contribution in [3.8, 4) is 0 Å². The van der Waals surface area contributed by atoms with Crippen molar-refractivity contribution in [2.75, 3.05) is 7.11 Å². The summed E-state index contributed by atoms with van der Waals surface area (Å²) in [6, 6.07) is 4.31. The van der Waals surface area contributed by atoms with Crippen molar-refractivity contribution in [2.24, 2.45) is 0 Å². The predicted octanol–water partition coefficient (Wildman–Crippen LogP) is 1.64. The molecule has 18 heavy (non-hydrogen) atoms. The zero-order valence-corrected chi connectivity index (χ0v) is 9.44. The number of amides is 1. The Morgan fingerprint density at radius 2 is 2.28 bits per heavy atom. The van der Waals surface area contributed by atoms with Crippen molar-refractivity contribution in [3.05, 3.63) is 45.6 Å². The Balaban J connectivity index is 2.49. The van der Waals surface area contributed by atoms with Crippen LogP contribution >= 0.6 is 0 Å². The first-order chi connectivity index (χ1) is 8.56. The molecule has 1 aliphatic heterocycles. The fourth-order valence-electron chi connectivity index (χ4n) is 1.79. The van der Waals surface area contributed by atoms with Crippen LogP contribution in [0.2, 0.25) is 0 Å². The quantitative estimate of drug-likeness (QED) is 0.604. The lowest BCUT2D eigenvalue weighted by Crippen LogP contribution is -2.32. The molecule has 1 aliphatic rings. The number of aliphatic hydroxyl groups excluding tert-OH is 1. The van der Waals surface area contributed by atoms with E-state index in [9.17, 15) is 20.0 Å². The molecule has 0 aliphatic carbocycles. The number of fused-ring (bicyclic) bond motifs is 1. The molecule has 7 nitrogen and oxygen atoms in total. The molecule has 1 unspecified atom stereocenters. The Kier molecular flexibility index (Phi) is 2.99. The van der Waals surface area contributed by atoms with Crippen molar-refractivity contribution in [1.29, 1.82) is 0 Å². The molecule has 1 aromatic carbocycles. The van der Waals surface area contributed by atoms with Crippen molar-refractivity contribution in [2.45, 2.75) is 6.23 Å². The molecule has 0 spiro atoms. The molecule has 1 aromatic rings. The highest BCUT2D eigenvalue weighted by atomic mass is 16.6. The van der Waals surface area contributed by atoms with Gasteiger partial charge in [-0.05, 0) is 6.08 Å². The molecule has 0 aromatic heterocycles. The van der Waals surface area contributed by atoms with Gasteiger partial charge in [0.15, 0.2) is 6.23 Å². The maximum atomic E-state index is 11.4. The standard InChI is InChI=1S/C11H10N2O5/c1-18-11(15)12-6-5-7-8(10(12)14)3-2-4-9(7)13(16)17/h2-6,10,14H,1H3. The molecule has 1 atom stereocenters. The third kappa shape index (κ3) is 1.80. The van der Waals surface area contributed by atoms with E-state index in [0.29, 0.717) is 0 Å². The van der Waals surface area contributed by atoms with Gasteiger partial charge in [0.1, 0.15) is 0 Å². The van der Waals surface area contributed by atoms with Crippen LogP contribution in [0.4, 0.5) is 10.5 Å². The maximum Gasteiger partial charge on any atom is 0.415 e. The number of benzene rings is 1. The second-order valence-electron chi connectivity index (χ2n) is 3.60. The fraction of sp³-hybridized carbons (Fsp3) is 0.182. The lowest BCUT2D eigenvalue weighted by atomic mass is 10.0. The molecule has 1 heterocycles. The average Bonchev–Trinajstić information content (AvgIpc) is 2.37. The van der Waals surface area contributed by atoms with Crippen molar-refractivity contribution in [3.63, 3.8) is 0 Å². The topological polar surface area (TPSA) is 92.9 Å². The van der Waals surface area contributed by atoms with E-state index < -0.39 is 17.2 Å². The van der Waals surface area contributed by atoms with Crippen LogP contribution < -0.4 is 0 Å². The van der Waals surface area contributed by atoms with Crippen LogP contribution in [-0.4, -0.2) is 28.1 Å². The smallest absolute Gasteiger partial charge is 0.415 e. The first kappa shape index (κ1) is 12.1. The summed E-state index contributed by atoms with van der Waals surface area (Å²) in [6.45, 7) is 0. The molecule has 2 rings (SSSR count). The molecule has 94 valence electrons. The van der Waals surface area contributed by atoms with Gasteiger partial charge in [-0.15, -0.1) is 0 Å². The van der Waals surface area contributed by atoms with Crippen LogP contribution in [0.1, 0.15) is 17.4 Å². The number of rotatable bonds is 1. The van der Waals surface area contributed by atoms with Crippen LogP contribution in [0.5, 0.6) is 0 Å². The third-order valence-corrected chi connectivity index (χ3v) is 2.64. The minimum absolute atomic E-state index is 0.118. The van der Waals surface area contributed by atoms with Crippen molar-refractivity contribution in [1.82, 2.24) is 4.90 Å². The molecule has 7 heteroatoms. The highest BCUT2D eigenvalue weighted by Gasteiger charge is 2.30. The normalized spacial score (nSPS) is 17.2. The van der Waals surface area contributed by atoms with E-state index in [2.05, 4.69) is 4.74 Å². The van der Waals surface area contributed by atoms with Gasteiger partial charge in [0, 0.05) is 17.8 Å². The van der Waals surface area contributed by atoms with Gasteiger partial charge in [-0.25, -0.2) is 4.79 Å². The largest absolute Gasteiger partial charge is 0.452 e. The number of carbonyl (C=O) groups is 1. The van der Waals surface area contributed by atoms with E-state index in [-0.39, 0.29) is 16.8 Å². The van der Waals surface area contributed by atoms with E-state index in [1.165, 1.54) is 37.6 Å². The summed E-state index contributed by atoms with van der Waals surface area (Å²) in [7, 11) is 1.19. The lowest BCUT2D eigenvalue weighted by molar-refractivity contribution is -0.385. The van der Waals surface area contributed by atoms with E-state index in [1.54, 1.807) is 0 Å². The summed E-state index contributed by atoms with van der Waals surface area (Å²) >= 11 is 0. The monoisotopic (exact) mass is 250 g/mol. The summed E-state index contributed by atoms with van der Waals surface area (Å²) in [6.07, 6.45) is 0.622. The molecule has 0 saturated heterocycles. The summed E-state index contributed by atoms with van der Waals surface area (Å²) in [5.74, 6) is 0. The number of carbonyl (C=O) groups excluding carboxylic acids is 1. The number of ether oxygens (including phenoxy) is 1. The fourth-order valence-corrected chi connectivity index (χ4v) is 1.79. The summed E-state index contributed by atoms with van der Waals surface area (Å²) < 4.78 is 4.49. The van der Waals surface area contributed by atoms with Gasteiger partial charge in [-0.3, -0.25) is 15.0 Å². The van der Waals surface area contributed by atoms with Crippen LogP contribution in [-0.2, 0) is 4.74 Å². The SMILES string of the molecule is COC(=O)N1C=Cc2c(cccc2[N+](=O)[O-])C1O. The van der Waals surface area contributed by atoms with E-state index >= 15 is 0 Å². The Labute approximate surface area is 102 Å². The van der Waals surface area contributed by atoms with Gasteiger partial charge in [-0.1, -0.05) is 12.1 Å². The second kappa shape index (κ2) is 4.46. The van der Waals surface area contributed by atoms with Crippen LogP contribution in [0.15, 0.2) is 24.4 Å². The van der Waals surface area contributed by atoms with Gasteiger partial charge in [-0.2, -0.15) is 0 Å². The molecule has 1 amide bonds. The van der Waals surface area contributed by atoms with Crippen LogP contribution in [0, 0.1) is 10.1 Å². The first-order valence-corrected chi connectivity index (χ1v) is 5.06. The Hall–Kier alpha value is -2.41. The van der Waals surface area contributed by atoms with Crippen molar-refractivity contribution >= 4 is 17.9 Å². The zero-order valence-electron chi connectivity index (χ0n) is 9.44. The molecule has 1 N–H and O–H groups in total. The Bertz CT molecular complexity index is 540. The van der Waals surface area contributed by atoms with Gasteiger partial charge in [0.2, 0.25) is 0 Å². The minimum Gasteiger partial charge on any atom is -0.452 e. The molecule has 0 radical (unpaired) electrons. The number of nitro benzene ring substituents is 1. The van der Waals surface area contributed by atoms with E-state index in [4.69, 9.17) is 0 Å². The van der Waals surface area contributed by atoms with Gasteiger partial charge < -0.3 is 9.84 Å². The van der Waals surface area contributed by atoms with Gasteiger partial charge >= 0.3 is 6.09 Å². The molecule has 0 fully saturated rings. The third-order valence-electron chi connectivity index (χ3n) is 2.64. The van der Waals surface area contributed by atoms with Crippen LogP contribution in [0.3, 0.4) is 0 Å². The Morgan fingerprint density at radius 3 is 2.89 bits per heavy atom. The number of nitrogens with zero attached hydrogens (tertiary/aromatic N) is 2. The highest BCUT2D eigenvalue weighted by Crippen LogP contribution is 2.34. The summed E-state index contributed by atoms with van der Waals surface area (Å²) in [5, 5.41) is 20.8. The summed E-state index contributed by atoms with van der Waals surface area (Å²) in [4.78, 5) is 22.6. The Morgan fingerprint density at radius 1 is 1.56 bits per heavy atom. The highest BCUT2D eigenvalue weighted by molar-refractivity contribution is 5.75. The molecule has 0 bridgehead atoms. The molecular formula is C11H10N2O5. The number of hydrogen-bond donors (Lipinski definition) is 1. The molecular weight excluding hydrogens is 240 g/mol. The maximum absolute atomic E-state index is 11.4. The first-order valence-electron chi connectivity index (χ1n) is 5.06. The van der Waals surface area contributed by atoms with Gasteiger partial charge in [0.25, 0.3) is 5.69 Å².